The summed E-state index contributed by atoms with van der Waals surface area (Å²) in [6.45, 7) is 0. The van der Waals surface area contributed by atoms with Crippen molar-refractivity contribution in [3.8, 4) is 0 Å². The van der Waals surface area contributed by atoms with Crippen molar-refractivity contribution in [1.29, 1.82) is 0 Å². The van der Waals surface area contributed by atoms with Gasteiger partial charge >= 0.3 is 19.5 Å². The van der Waals surface area contributed by atoms with Gasteiger partial charge in [-0.05, 0) is 0 Å². The molecule has 0 bridgehead atoms. The van der Waals surface area contributed by atoms with Gasteiger partial charge in [-0.25, -0.2) is 0 Å². The minimum atomic E-state index is 0. The predicted molar refractivity (Wildman–Crippen MR) is 5.26 cm³/mol. The van der Waals surface area contributed by atoms with Crippen molar-refractivity contribution in [2.24, 2.45) is 0 Å². The first-order valence-electron chi connectivity index (χ1n) is 0.200. The quantitative estimate of drug-likeness (QED) is 0.216. The summed E-state index contributed by atoms with van der Waals surface area (Å²) < 4.78 is 0. The Morgan fingerprint density at radius 1 is 0.800 bits per heavy atom. The second kappa shape index (κ2) is 69.0. The van der Waals surface area contributed by atoms with Crippen molar-refractivity contribution < 1.29 is 54.8 Å². The van der Waals surface area contributed by atoms with Crippen LogP contribution in [-0.2, 0) is 19.5 Å². The molecule has 0 unspecified atom stereocenters. The minimum Gasteiger partial charge on any atom is -1.00 e. The van der Waals surface area contributed by atoms with E-state index in [-0.39, 0.29) is 44.3 Å². The van der Waals surface area contributed by atoms with Crippen LogP contribution in [0, 0.1) is 0 Å². The molecule has 0 aliphatic heterocycles. The molecule has 0 radical (unpaired) electrons. The zero-order valence-corrected chi connectivity index (χ0v) is 6.84. The van der Waals surface area contributed by atoms with E-state index in [1.807, 2.05) is 0 Å². The van der Waals surface area contributed by atoms with Gasteiger partial charge < -0.3 is 24.8 Å². The van der Waals surface area contributed by atoms with E-state index in [4.69, 9.17) is 10.5 Å². The molecule has 0 aliphatic rings. The summed E-state index contributed by atoms with van der Waals surface area (Å²) in [5.74, 6) is 0. The van der Waals surface area contributed by atoms with Gasteiger partial charge in [0.25, 0.3) is 0 Å². The summed E-state index contributed by atoms with van der Waals surface area (Å²) >= 11 is 0. The molecule has 0 aromatic rings. The van der Waals surface area contributed by atoms with Crippen molar-refractivity contribution in [2.75, 3.05) is 0 Å². The van der Waals surface area contributed by atoms with E-state index in [1.54, 1.807) is 0 Å². The Hall–Kier alpha value is 1.12. The van der Waals surface area contributed by atoms with E-state index in [0.29, 0.717) is 0 Å². The summed E-state index contributed by atoms with van der Waals surface area (Å²) in [5.41, 5.74) is 0. The SMILES string of the molecule is OO.[Cl-].[Cl-].[Zn+2]. The fraction of sp³-hybridized carbons (Fsp3) is 0. The fourth-order valence-corrected chi connectivity index (χ4v) is 0. The maximum atomic E-state index is 6.00. The Labute approximate surface area is 55.1 Å². The topological polar surface area (TPSA) is 40.5 Å². The molecule has 0 atom stereocenters. The van der Waals surface area contributed by atoms with Gasteiger partial charge in [0.1, 0.15) is 0 Å². The van der Waals surface area contributed by atoms with Gasteiger partial charge in [0.05, 0.1) is 0 Å². The molecule has 0 rings (SSSR count). The number of halogens is 2. The Balaban J connectivity index is -0.00000000167. The molecule has 0 saturated heterocycles. The number of hydrogen-bond donors (Lipinski definition) is 2. The summed E-state index contributed by atoms with van der Waals surface area (Å²) in [6.07, 6.45) is 0. The van der Waals surface area contributed by atoms with Crippen molar-refractivity contribution in [3.05, 3.63) is 0 Å². The second-order valence-electron chi connectivity index (χ2n) is 0. The third kappa shape index (κ3) is 39.6. The summed E-state index contributed by atoms with van der Waals surface area (Å²) in [6, 6.07) is 0. The van der Waals surface area contributed by atoms with E-state index in [9.17, 15) is 0 Å². The van der Waals surface area contributed by atoms with Gasteiger partial charge in [-0.2, -0.15) is 0 Å². The van der Waals surface area contributed by atoms with E-state index < -0.39 is 0 Å². The van der Waals surface area contributed by atoms with E-state index >= 15 is 0 Å². The molecule has 5 heteroatoms. The summed E-state index contributed by atoms with van der Waals surface area (Å²) in [7, 11) is 0. The van der Waals surface area contributed by atoms with Crippen LogP contribution < -0.4 is 24.8 Å². The molecule has 2 N–H and O–H groups in total. The van der Waals surface area contributed by atoms with Crippen molar-refractivity contribution in [2.45, 2.75) is 0 Å². The Kier molecular flexibility index (Phi) is 492. The average molecular weight is 170 g/mol. The van der Waals surface area contributed by atoms with Gasteiger partial charge in [0.2, 0.25) is 0 Å². The standard InChI is InChI=1S/2ClH.H2O2.Zn/c;;1-2;/h2*1H;1-2H;/q;;;+2/p-2. The zero-order chi connectivity index (χ0) is 2.00. The Morgan fingerprint density at radius 3 is 0.800 bits per heavy atom. The molecule has 0 fully saturated rings. The Bertz CT molecular complexity index is 7.61. The molecule has 0 heterocycles. The molecule has 2 nitrogen and oxygen atoms in total. The Morgan fingerprint density at radius 2 is 0.800 bits per heavy atom. The largest absolute Gasteiger partial charge is 2.00 e. The smallest absolute Gasteiger partial charge is 1.00 e. The van der Waals surface area contributed by atoms with Crippen LogP contribution in [0.15, 0.2) is 0 Å². The van der Waals surface area contributed by atoms with Gasteiger partial charge in [-0.3, -0.25) is 10.5 Å². The fourth-order valence-electron chi connectivity index (χ4n) is 0. The molecule has 0 amide bonds. The van der Waals surface area contributed by atoms with Crippen molar-refractivity contribution >= 4 is 0 Å². The van der Waals surface area contributed by atoms with Crippen molar-refractivity contribution in [1.82, 2.24) is 0 Å². The summed E-state index contributed by atoms with van der Waals surface area (Å²) in [5, 5.41) is 12.0. The van der Waals surface area contributed by atoms with Crippen LogP contribution in [0.4, 0.5) is 0 Å². The van der Waals surface area contributed by atoms with E-state index in [1.165, 1.54) is 0 Å². The first-order chi connectivity index (χ1) is 1.00. The third-order valence-corrected chi connectivity index (χ3v) is 0. The first kappa shape index (κ1) is 35.6. The zero-order valence-electron chi connectivity index (χ0n) is 2.36. The van der Waals surface area contributed by atoms with Gasteiger partial charge in [0.15, 0.2) is 0 Å². The average Bonchev–Trinajstić information content (AvgIpc) is 1.00. The van der Waals surface area contributed by atoms with Gasteiger partial charge in [-0.1, -0.05) is 0 Å². The molecule has 0 aliphatic carbocycles. The van der Waals surface area contributed by atoms with Crippen molar-refractivity contribution in [3.63, 3.8) is 0 Å². The molecular weight excluding hydrogens is 168 g/mol. The van der Waals surface area contributed by atoms with E-state index in [2.05, 4.69) is 0 Å². The molecule has 5 heavy (non-hydrogen) atoms. The maximum absolute atomic E-state index is 6.00. The molecule has 0 aromatic carbocycles. The van der Waals surface area contributed by atoms with Crippen LogP contribution in [0.5, 0.6) is 0 Å². The second-order valence-corrected chi connectivity index (χ2v) is 0. The van der Waals surface area contributed by atoms with Gasteiger partial charge in [-0.15, -0.1) is 0 Å². The molecule has 0 aromatic heterocycles. The molecule has 30 valence electrons. The third-order valence-electron chi connectivity index (χ3n) is 0. The monoisotopic (exact) mass is 168 g/mol. The molecular formula is H2Cl2O2Zn. The maximum Gasteiger partial charge on any atom is 2.00 e. The summed E-state index contributed by atoms with van der Waals surface area (Å²) in [4.78, 5) is 0. The van der Waals surface area contributed by atoms with Crippen LogP contribution >= 0.6 is 0 Å². The van der Waals surface area contributed by atoms with Crippen LogP contribution in [0.25, 0.3) is 0 Å². The predicted octanol–water partition coefficient (Wildman–Crippen LogP) is -5.98. The first-order valence-corrected chi connectivity index (χ1v) is 0.200. The van der Waals surface area contributed by atoms with Crippen LogP contribution in [0.3, 0.4) is 0 Å². The normalized spacial score (nSPS) is 1.20. The minimum absolute atomic E-state index is 0. The van der Waals surface area contributed by atoms with E-state index in [0.717, 1.165) is 0 Å². The van der Waals surface area contributed by atoms with Gasteiger partial charge in [0, 0.05) is 0 Å². The van der Waals surface area contributed by atoms with Crippen LogP contribution in [0.1, 0.15) is 0 Å². The van der Waals surface area contributed by atoms with Crippen LogP contribution in [0.2, 0.25) is 0 Å². The van der Waals surface area contributed by atoms with Crippen LogP contribution in [-0.4, -0.2) is 10.5 Å². The molecule has 0 saturated carbocycles. The number of rotatable bonds is 0. The molecule has 0 spiro atoms. The number of hydrogen-bond acceptors (Lipinski definition) is 2.